The molecule has 1 aromatic carbocycles. The summed E-state index contributed by atoms with van der Waals surface area (Å²) in [4.78, 5) is 14.0. The van der Waals surface area contributed by atoms with Gasteiger partial charge in [0.1, 0.15) is 0 Å². The molecule has 5 nitrogen and oxygen atoms in total. The molecular formula is C14H23N3O2. The molecule has 1 unspecified atom stereocenters. The Morgan fingerprint density at radius 3 is 2.74 bits per heavy atom. The Balaban J connectivity index is 2.90. The molecule has 3 N–H and O–H groups in total. The standard InChI is InChI=1S/C14H23N3O2/c1-5-19-14(18)12-8-11(15)6-7-13(12)16-10(2)9-17(3)4/h6-8,10,16H,5,9,15H2,1-4H3. The van der Waals surface area contributed by atoms with Crippen molar-refractivity contribution < 1.29 is 9.53 Å². The van der Waals surface area contributed by atoms with Gasteiger partial charge in [-0.25, -0.2) is 4.79 Å². The van der Waals surface area contributed by atoms with E-state index in [1.807, 2.05) is 20.2 Å². The average Bonchev–Trinajstić information content (AvgIpc) is 2.30. The number of hydrogen-bond donors (Lipinski definition) is 2. The van der Waals surface area contributed by atoms with Crippen LogP contribution in [0.1, 0.15) is 24.2 Å². The zero-order valence-corrected chi connectivity index (χ0v) is 12.1. The predicted molar refractivity (Wildman–Crippen MR) is 78.4 cm³/mol. The Hall–Kier alpha value is -1.75. The number of esters is 1. The Kier molecular flexibility index (Phi) is 5.63. The van der Waals surface area contributed by atoms with Crippen molar-refractivity contribution in [2.75, 3.05) is 38.3 Å². The largest absolute Gasteiger partial charge is 0.462 e. The molecule has 0 aromatic heterocycles. The van der Waals surface area contributed by atoms with E-state index in [9.17, 15) is 4.79 Å². The van der Waals surface area contributed by atoms with Gasteiger partial charge in [-0.3, -0.25) is 0 Å². The molecular weight excluding hydrogens is 242 g/mol. The van der Waals surface area contributed by atoms with Crippen molar-refractivity contribution in [3.63, 3.8) is 0 Å². The molecule has 1 aromatic rings. The summed E-state index contributed by atoms with van der Waals surface area (Å²) in [5, 5.41) is 3.31. The van der Waals surface area contributed by atoms with Gasteiger partial charge in [0.15, 0.2) is 0 Å². The van der Waals surface area contributed by atoms with E-state index in [-0.39, 0.29) is 12.0 Å². The normalized spacial score (nSPS) is 12.3. The lowest BCUT2D eigenvalue weighted by atomic mass is 10.1. The minimum Gasteiger partial charge on any atom is -0.462 e. The maximum absolute atomic E-state index is 11.9. The number of nitrogens with two attached hydrogens (primary N) is 1. The number of likely N-dealkylation sites (N-methyl/N-ethyl adjacent to an activating group) is 1. The topological polar surface area (TPSA) is 67.6 Å². The first-order valence-electron chi connectivity index (χ1n) is 6.42. The van der Waals surface area contributed by atoms with E-state index < -0.39 is 0 Å². The van der Waals surface area contributed by atoms with Gasteiger partial charge in [-0.05, 0) is 46.1 Å². The monoisotopic (exact) mass is 265 g/mol. The van der Waals surface area contributed by atoms with Crippen molar-refractivity contribution in [2.45, 2.75) is 19.9 Å². The van der Waals surface area contributed by atoms with E-state index in [0.717, 1.165) is 12.2 Å². The molecule has 0 heterocycles. The molecule has 0 amide bonds. The van der Waals surface area contributed by atoms with E-state index in [2.05, 4.69) is 17.1 Å². The number of carbonyl (C=O) groups excluding carboxylic acids is 1. The highest BCUT2D eigenvalue weighted by Crippen LogP contribution is 2.21. The predicted octanol–water partition coefficient (Wildman–Crippen LogP) is 1.81. The van der Waals surface area contributed by atoms with Gasteiger partial charge in [0.2, 0.25) is 0 Å². The van der Waals surface area contributed by atoms with Crippen LogP contribution in [0.25, 0.3) is 0 Å². The number of anilines is 2. The molecule has 0 fully saturated rings. The molecule has 0 radical (unpaired) electrons. The summed E-state index contributed by atoms with van der Waals surface area (Å²) in [6, 6.07) is 5.44. The zero-order chi connectivity index (χ0) is 14.4. The Morgan fingerprint density at radius 1 is 1.47 bits per heavy atom. The minimum atomic E-state index is -0.352. The Bertz CT molecular complexity index is 433. The summed E-state index contributed by atoms with van der Waals surface area (Å²) in [5.41, 5.74) is 7.51. The van der Waals surface area contributed by atoms with Crippen molar-refractivity contribution in [3.8, 4) is 0 Å². The molecule has 0 bridgehead atoms. The summed E-state index contributed by atoms with van der Waals surface area (Å²) in [6.45, 7) is 5.06. The highest BCUT2D eigenvalue weighted by Gasteiger charge is 2.14. The molecule has 0 aliphatic carbocycles. The van der Waals surface area contributed by atoms with Gasteiger partial charge in [0.25, 0.3) is 0 Å². The van der Waals surface area contributed by atoms with Gasteiger partial charge in [0.05, 0.1) is 12.2 Å². The maximum Gasteiger partial charge on any atom is 0.340 e. The number of benzene rings is 1. The number of rotatable bonds is 6. The number of hydrogen-bond acceptors (Lipinski definition) is 5. The van der Waals surface area contributed by atoms with E-state index in [1.165, 1.54) is 0 Å². The highest BCUT2D eigenvalue weighted by atomic mass is 16.5. The first kappa shape index (κ1) is 15.3. The fourth-order valence-corrected chi connectivity index (χ4v) is 1.92. The van der Waals surface area contributed by atoms with Crippen LogP contribution in [0.4, 0.5) is 11.4 Å². The van der Waals surface area contributed by atoms with Crippen molar-refractivity contribution >= 4 is 17.3 Å². The number of carbonyl (C=O) groups is 1. The number of nitrogens with zero attached hydrogens (tertiary/aromatic N) is 1. The third kappa shape index (κ3) is 4.79. The molecule has 5 heteroatoms. The Labute approximate surface area is 114 Å². The maximum atomic E-state index is 11.9. The van der Waals surface area contributed by atoms with E-state index in [0.29, 0.717) is 17.9 Å². The second kappa shape index (κ2) is 6.99. The fourth-order valence-electron chi connectivity index (χ4n) is 1.92. The zero-order valence-electron chi connectivity index (χ0n) is 12.1. The van der Waals surface area contributed by atoms with Crippen LogP contribution in [0.3, 0.4) is 0 Å². The molecule has 0 aliphatic heterocycles. The van der Waals surface area contributed by atoms with Crippen LogP contribution in [-0.2, 0) is 4.74 Å². The molecule has 106 valence electrons. The smallest absolute Gasteiger partial charge is 0.340 e. The van der Waals surface area contributed by atoms with E-state index in [4.69, 9.17) is 10.5 Å². The van der Waals surface area contributed by atoms with E-state index >= 15 is 0 Å². The molecule has 0 saturated heterocycles. The van der Waals surface area contributed by atoms with Crippen LogP contribution in [-0.4, -0.2) is 44.2 Å². The lowest BCUT2D eigenvalue weighted by Crippen LogP contribution is -2.30. The number of ether oxygens (including phenoxy) is 1. The SMILES string of the molecule is CCOC(=O)c1cc(N)ccc1NC(C)CN(C)C. The quantitative estimate of drug-likeness (QED) is 0.606. The molecule has 0 spiro atoms. The molecule has 0 saturated carbocycles. The lowest BCUT2D eigenvalue weighted by molar-refractivity contribution is 0.0527. The van der Waals surface area contributed by atoms with Gasteiger partial charge in [-0.1, -0.05) is 0 Å². The van der Waals surface area contributed by atoms with Gasteiger partial charge in [0, 0.05) is 24.0 Å². The summed E-state index contributed by atoms with van der Waals surface area (Å²) >= 11 is 0. The summed E-state index contributed by atoms with van der Waals surface area (Å²) in [6.07, 6.45) is 0. The lowest BCUT2D eigenvalue weighted by Gasteiger charge is -2.21. The van der Waals surface area contributed by atoms with Crippen LogP contribution in [0.2, 0.25) is 0 Å². The van der Waals surface area contributed by atoms with E-state index in [1.54, 1.807) is 19.1 Å². The fraction of sp³-hybridized carbons (Fsp3) is 0.500. The van der Waals surface area contributed by atoms with Crippen molar-refractivity contribution in [3.05, 3.63) is 23.8 Å². The van der Waals surface area contributed by atoms with Crippen molar-refractivity contribution in [1.29, 1.82) is 0 Å². The minimum absolute atomic E-state index is 0.215. The average molecular weight is 265 g/mol. The second-order valence-electron chi connectivity index (χ2n) is 4.83. The summed E-state index contributed by atoms with van der Waals surface area (Å²) in [7, 11) is 4.01. The molecule has 1 rings (SSSR count). The van der Waals surface area contributed by atoms with Gasteiger partial charge < -0.3 is 20.7 Å². The van der Waals surface area contributed by atoms with Gasteiger partial charge in [-0.15, -0.1) is 0 Å². The van der Waals surface area contributed by atoms with Crippen LogP contribution in [0, 0.1) is 0 Å². The first-order chi connectivity index (χ1) is 8.93. The first-order valence-corrected chi connectivity index (χ1v) is 6.42. The van der Waals surface area contributed by atoms with Crippen LogP contribution < -0.4 is 11.1 Å². The van der Waals surface area contributed by atoms with Gasteiger partial charge >= 0.3 is 5.97 Å². The van der Waals surface area contributed by atoms with Crippen LogP contribution >= 0.6 is 0 Å². The van der Waals surface area contributed by atoms with Crippen molar-refractivity contribution in [2.24, 2.45) is 0 Å². The second-order valence-corrected chi connectivity index (χ2v) is 4.83. The third-order valence-corrected chi connectivity index (χ3v) is 2.58. The Morgan fingerprint density at radius 2 is 2.16 bits per heavy atom. The number of nitrogen functional groups attached to an aromatic ring is 1. The van der Waals surface area contributed by atoms with Crippen LogP contribution in [0.5, 0.6) is 0 Å². The molecule has 0 aliphatic rings. The third-order valence-electron chi connectivity index (χ3n) is 2.58. The molecule has 1 atom stereocenters. The van der Waals surface area contributed by atoms with Crippen LogP contribution in [0.15, 0.2) is 18.2 Å². The van der Waals surface area contributed by atoms with Crippen molar-refractivity contribution in [1.82, 2.24) is 4.90 Å². The highest BCUT2D eigenvalue weighted by molar-refractivity contribution is 5.96. The molecule has 19 heavy (non-hydrogen) atoms. The summed E-state index contributed by atoms with van der Waals surface area (Å²) < 4.78 is 5.04. The van der Waals surface area contributed by atoms with Gasteiger partial charge in [-0.2, -0.15) is 0 Å². The number of nitrogens with one attached hydrogen (secondary N) is 1. The summed E-state index contributed by atoms with van der Waals surface area (Å²) in [5.74, 6) is -0.352.